The lowest BCUT2D eigenvalue weighted by molar-refractivity contribution is -0.148. The monoisotopic (exact) mass is 268 g/mol. The first-order valence-corrected chi connectivity index (χ1v) is 7.66. The number of carbonyl (C=O) groups excluding carboxylic acids is 1. The second kappa shape index (κ2) is 5.08. The molecule has 0 bridgehead atoms. The first-order valence-electron chi connectivity index (χ1n) is 7.66. The van der Waals surface area contributed by atoms with Gasteiger partial charge in [-0.05, 0) is 37.0 Å². The Balaban J connectivity index is 2.14. The Morgan fingerprint density at radius 3 is 2.58 bits per heavy atom. The van der Waals surface area contributed by atoms with Crippen molar-refractivity contribution in [3.63, 3.8) is 0 Å². The van der Waals surface area contributed by atoms with Gasteiger partial charge >= 0.3 is 5.97 Å². The van der Waals surface area contributed by atoms with Crippen molar-refractivity contribution in [1.82, 2.24) is 0 Å². The van der Waals surface area contributed by atoms with Crippen molar-refractivity contribution in [3.05, 3.63) is 0 Å². The molecule has 0 N–H and O–H groups in total. The number of hydrogen-bond donors (Lipinski definition) is 0. The molecule has 1 spiro atoms. The molecular weight excluding hydrogens is 240 g/mol. The van der Waals surface area contributed by atoms with Crippen molar-refractivity contribution >= 4 is 5.97 Å². The SMILES string of the molecule is COC(=O)C1(C(C)C)OC12CCCC(CC(C)C)C2. The minimum Gasteiger partial charge on any atom is -0.467 e. The highest BCUT2D eigenvalue weighted by atomic mass is 16.7. The summed E-state index contributed by atoms with van der Waals surface area (Å²) in [6, 6.07) is 0. The maximum atomic E-state index is 12.2. The van der Waals surface area contributed by atoms with Crippen molar-refractivity contribution in [3.8, 4) is 0 Å². The van der Waals surface area contributed by atoms with Crippen molar-refractivity contribution in [1.29, 1.82) is 0 Å². The zero-order valence-electron chi connectivity index (χ0n) is 13.0. The molecule has 2 fully saturated rings. The van der Waals surface area contributed by atoms with Gasteiger partial charge in [0.25, 0.3) is 0 Å². The highest BCUT2D eigenvalue weighted by Crippen LogP contribution is 2.62. The van der Waals surface area contributed by atoms with Gasteiger partial charge in [0.05, 0.1) is 7.11 Å². The van der Waals surface area contributed by atoms with E-state index < -0.39 is 5.60 Å². The van der Waals surface area contributed by atoms with Crippen molar-refractivity contribution in [2.75, 3.05) is 7.11 Å². The van der Waals surface area contributed by atoms with E-state index in [9.17, 15) is 4.79 Å². The van der Waals surface area contributed by atoms with Crippen molar-refractivity contribution in [2.45, 2.75) is 71.0 Å². The summed E-state index contributed by atoms with van der Waals surface area (Å²) in [6.45, 7) is 8.67. The van der Waals surface area contributed by atoms with E-state index in [0.29, 0.717) is 11.8 Å². The summed E-state index contributed by atoms with van der Waals surface area (Å²) in [4.78, 5) is 12.2. The average Bonchev–Trinajstić information content (AvgIpc) is 2.96. The fraction of sp³-hybridized carbons (Fsp3) is 0.938. The van der Waals surface area contributed by atoms with Crippen LogP contribution in [0.5, 0.6) is 0 Å². The van der Waals surface area contributed by atoms with Crippen LogP contribution >= 0.6 is 0 Å². The number of carbonyl (C=O) groups is 1. The second-order valence-corrected chi connectivity index (χ2v) is 7.07. The predicted octanol–water partition coefficient (Wildman–Crippen LogP) is 3.56. The standard InChI is InChI=1S/C16H28O3/c1-11(2)9-13-7-6-8-15(10-13)16(19-15,12(3)4)14(17)18-5/h11-13H,6-10H2,1-5H3. The number of hydrogen-bond acceptors (Lipinski definition) is 3. The van der Waals surface area contributed by atoms with E-state index in [1.165, 1.54) is 26.4 Å². The van der Waals surface area contributed by atoms with Crippen LogP contribution in [0.15, 0.2) is 0 Å². The summed E-state index contributed by atoms with van der Waals surface area (Å²) < 4.78 is 11.1. The Morgan fingerprint density at radius 1 is 1.37 bits per heavy atom. The predicted molar refractivity (Wildman–Crippen MR) is 74.8 cm³/mol. The van der Waals surface area contributed by atoms with Gasteiger partial charge in [-0.3, -0.25) is 0 Å². The molecule has 19 heavy (non-hydrogen) atoms. The number of ether oxygens (including phenoxy) is 2. The zero-order chi connectivity index (χ0) is 14.3. The van der Waals surface area contributed by atoms with E-state index in [1.54, 1.807) is 0 Å². The number of methoxy groups -OCH3 is 1. The van der Waals surface area contributed by atoms with Gasteiger partial charge in [-0.2, -0.15) is 0 Å². The van der Waals surface area contributed by atoms with Crippen LogP contribution in [0.1, 0.15) is 59.8 Å². The first-order chi connectivity index (χ1) is 8.88. The molecule has 1 saturated carbocycles. The van der Waals surface area contributed by atoms with E-state index in [2.05, 4.69) is 27.7 Å². The Bertz CT molecular complexity index is 350. The quantitative estimate of drug-likeness (QED) is 0.578. The van der Waals surface area contributed by atoms with E-state index in [4.69, 9.17) is 9.47 Å². The molecule has 1 aliphatic heterocycles. The molecule has 0 radical (unpaired) electrons. The van der Waals surface area contributed by atoms with Crippen molar-refractivity contribution < 1.29 is 14.3 Å². The molecule has 2 aliphatic rings. The molecule has 0 amide bonds. The molecule has 3 nitrogen and oxygen atoms in total. The molecule has 0 aromatic heterocycles. The molecule has 2 rings (SSSR count). The molecule has 3 heteroatoms. The van der Waals surface area contributed by atoms with Gasteiger partial charge in [-0.1, -0.05) is 40.5 Å². The van der Waals surface area contributed by atoms with E-state index in [0.717, 1.165) is 12.8 Å². The minimum absolute atomic E-state index is 0.173. The van der Waals surface area contributed by atoms with E-state index >= 15 is 0 Å². The summed E-state index contributed by atoms with van der Waals surface area (Å²) in [6.07, 6.45) is 5.72. The number of esters is 1. The molecular formula is C16H28O3. The van der Waals surface area contributed by atoms with Gasteiger partial charge < -0.3 is 9.47 Å². The van der Waals surface area contributed by atoms with Gasteiger partial charge in [-0.15, -0.1) is 0 Å². The van der Waals surface area contributed by atoms with Gasteiger partial charge in [-0.25, -0.2) is 4.79 Å². The van der Waals surface area contributed by atoms with Gasteiger partial charge in [0, 0.05) is 0 Å². The normalized spacial score (nSPS) is 37.9. The van der Waals surface area contributed by atoms with Crippen LogP contribution in [0.25, 0.3) is 0 Å². The summed E-state index contributed by atoms with van der Waals surface area (Å²) >= 11 is 0. The Labute approximate surface area is 117 Å². The van der Waals surface area contributed by atoms with Crippen LogP contribution in [0.3, 0.4) is 0 Å². The Morgan fingerprint density at radius 2 is 2.05 bits per heavy atom. The topological polar surface area (TPSA) is 38.8 Å². The van der Waals surface area contributed by atoms with Crippen LogP contribution in [0, 0.1) is 17.8 Å². The molecule has 110 valence electrons. The van der Waals surface area contributed by atoms with Crippen LogP contribution in [0.2, 0.25) is 0 Å². The van der Waals surface area contributed by atoms with Crippen molar-refractivity contribution in [2.24, 2.45) is 17.8 Å². The molecule has 0 aromatic carbocycles. The minimum atomic E-state index is -0.669. The Kier molecular flexibility index (Phi) is 3.97. The summed E-state index contributed by atoms with van der Waals surface area (Å²) in [5.74, 6) is 1.41. The van der Waals surface area contributed by atoms with Crippen LogP contribution < -0.4 is 0 Å². The second-order valence-electron chi connectivity index (χ2n) is 7.07. The third-order valence-electron chi connectivity index (χ3n) is 4.91. The average molecular weight is 268 g/mol. The maximum Gasteiger partial charge on any atom is 0.341 e. The van der Waals surface area contributed by atoms with Crippen LogP contribution in [-0.2, 0) is 14.3 Å². The lowest BCUT2D eigenvalue weighted by atomic mass is 9.70. The first kappa shape index (κ1) is 14.8. The maximum absolute atomic E-state index is 12.2. The number of rotatable bonds is 4. The zero-order valence-corrected chi connectivity index (χ0v) is 13.0. The molecule has 3 unspecified atom stereocenters. The third-order valence-corrected chi connectivity index (χ3v) is 4.91. The van der Waals surface area contributed by atoms with Gasteiger partial charge in [0.1, 0.15) is 5.60 Å². The fourth-order valence-electron chi connectivity index (χ4n) is 4.19. The van der Waals surface area contributed by atoms with E-state index in [1.807, 2.05) is 0 Å². The summed E-state index contributed by atoms with van der Waals surface area (Å²) in [7, 11) is 1.47. The lowest BCUT2D eigenvalue weighted by Crippen LogP contribution is -2.42. The highest BCUT2D eigenvalue weighted by Gasteiger charge is 2.76. The summed E-state index contributed by atoms with van der Waals surface area (Å²) in [5, 5.41) is 0. The molecule has 1 heterocycles. The Hall–Kier alpha value is -0.570. The third kappa shape index (κ3) is 2.31. The lowest BCUT2D eigenvalue weighted by Gasteiger charge is -2.31. The fourth-order valence-corrected chi connectivity index (χ4v) is 4.19. The molecule has 1 aliphatic carbocycles. The molecule has 0 aromatic rings. The molecule has 3 atom stereocenters. The van der Waals surface area contributed by atoms with E-state index in [-0.39, 0.29) is 17.5 Å². The molecule has 1 saturated heterocycles. The largest absolute Gasteiger partial charge is 0.467 e. The highest BCUT2D eigenvalue weighted by molar-refractivity contribution is 5.85. The summed E-state index contributed by atoms with van der Waals surface area (Å²) in [5.41, 5.74) is -0.899. The number of epoxide rings is 1. The van der Waals surface area contributed by atoms with Gasteiger partial charge in [0.2, 0.25) is 0 Å². The van der Waals surface area contributed by atoms with Crippen LogP contribution in [0.4, 0.5) is 0 Å². The smallest absolute Gasteiger partial charge is 0.341 e. The van der Waals surface area contributed by atoms with Crippen LogP contribution in [-0.4, -0.2) is 24.3 Å². The van der Waals surface area contributed by atoms with Gasteiger partial charge in [0.15, 0.2) is 5.60 Å².